The molecule has 0 aliphatic carbocycles. The number of carboxylic acids is 1. The first-order chi connectivity index (χ1) is 7.52. The van der Waals surface area contributed by atoms with E-state index in [-0.39, 0.29) is 18.4 Å². The Hall–Kier alpha value is -1.59. The molecule has 0 aromatic heterocycles. The SMILES string of the molecule is CC(=O)NCC(=O)N1CCCC[C@@H]1C(=O)O. The zero-order chi connectivity index (χ0) is 12.1. The molecule has 0 spiro atoms. The molecule has 0 bridgehead atoms. The molecule has 6 heteroatoms. The van der Waals surface area contributed by atoms with Gasteiger partial charge in [-0.15, -0.1) is 0 Å². The van der Waals surface area contributed by atoms with Crippen LogP contribution in [0.25, 0.3) is 0 Å². The van der Waals surface area contributed by atoms with Crippen molar-refractivity contribution < 1.29 is 19.5 Å². The Balaban J connectivity index is 2.57. The average Bonchev–Trinajstić information content (AvgIpc) is 2.25. The largest absolute Gasteiger partial charge is 0.480 e. The van der Waals surface area contributed by atoms with E-state index in [1.54, 1.807) is 0 Å². The fourth-order valence-corrected chi connectivity index (χ4v) is 1.79. The first-order valence-electron chi connectivity index (χ1n) is 5.29. The Morgan fingerprint density at radius 1 is 1.38 bits per heavy atom. The highest BCUT2D eigenvalue weighted by Gasteiger charge is 2.31. The number of piperidine rings is 1. The third kappa shape index (κ3) is 3.22. The van der Waals surface area contributed by atoms with Gasteiger partial charge in [-0.1, -0.05) is 0 Å². The molecule has 1 atom stereocenters. The van der Waals surface area contributed by atoms with E-state index in [1.807, 2.05) is 0 Å². The quantitative estimate of drug-likeness (QED) is 0.687. The number of hydrogen-bond acceptors (Lipinski definition) is 3. The van der Waals surface area contributed by atoms with E-state index in [2.05, 4.69) is 5.32 Å². The average molecular weight is 228 g/mol. The number of rotatable bonds is 3. The van der Waals surface area contributed by atoms with E-state index in [0.717, 1.165) is 12.8 Å². The van der Waals surface area contributed by atoms with Gasteiger partial charge in [0.1, 0.15) is 6.04 Å². The Bertz CT molecular complexity index is 303. The lowest BCUT2D eigenvalue weighted by atomic mass is 10.0. The van der Waals surface area contributed by atoms with Crippen molar-refractivity contribution in [3.8, 4) is 0 Å². The van der Waals surface area contributed by atoms with Crippen LogP contribution >= 0.6 is 0 Å². The van der Waals surface area contributed by atoms with Gasteiger partial charge in [0.05, 0.1) is 6.54 Å². The van der Waals surface area contributed by atoms with Gasteiger partial charge in [-0.05, 0) is 19.3 Å². The third-order valence-electron chi connectivity index (χ3n) is 2.60. The molecular weight excluding hydrogens is 212 g/mol. The van der Waals surface area contributed by atoms with E-state index >= 15 is 0 Å². The topological polar surface area (TPSA) is 86.7 Å². The van der Waals surface area contributed by atoms with Gasteiger partial charge in [0.25, 0.3) is 0 Å². The van der Waals surface area contributed by atoms with Crippen LogP contribution in [-0.4, -0.2) is 46.9 Å². The summed E-state index contributed by atoms with van der Waals surface area (Å²) in [6, 6.07) is -0.741. The van der Waals surface area contributed by atoms with Crippen LogP contribution in [0.5, 0.6) is 0 Å². The maximum atomic E-state index is 11.7. The van der Waals surface area contributed by atoms with Crippen molar-refractivity contribution in [3.63, 3.8) is 0 Å². The van der Waals surface area contributed by atoms with Gasteiger partial charge in [-0.2, -0.15) is 0 Å². The van der Waals surface area contributed by atoms with Crippen LogP contribution in [0.15, 0.2) is 0 Å². The van der Waals surface area contributed by atoms with E-state index < -0.39 is 12.0 Å². The standard InChI is InChI=1S/C10H16N2O4/c1-7(13)11-6-9(14)12-5-3-2-4-8(12)10(15)16/h8H,2-6H2,1H3,(H,11,13)(H,15,16)/t8-/m1/s1. The summed E-state index contributed by atoms with van der Waals surface area (Å²) in [6.07, 6.45) is 2.12. The van der Waals surface area contributed by atoms with Crippen LogP contribution in [-0.2, 0) is 14.4 Å². The first-order valence-corrected chi connectivity index (χ1v) is 5.29. The fraction of sp³-hybridized carbons (Fsp3) is 0.700. The number of carboxylic acid groups (broad SMARTS) is 1. The molecule has 16 heavy (non-hydrogen) atoms. The van der Waals surface area contributed by atoms with Gasteiger partial charge in [0.2, 0.25) is 11.8 Å². The third-order valence-corrected chi connectivity index (χ3v) is 2.60. The molecule has 2 N–H and O–H groups in total. The summed E-state index contributed by atoms with van der Waals surface area (Å²) in [5.74, 6) is -1.60. The van der Waals surface area contributed by atoms with Crippen molar-refractivity contribution >= 4 is 17.8 Å². The number of likely N-dealkylation sites (tertiary alicyclic amines) is 1. The molecule has 1 fully saturated rings. The number of carbonyl (C=O) groups is 3. The molecule has 1 rings (SSSR count). The molecule has 2 amide bonds. The Labute approximate surface area is 93.6 Å². The van der Waals surface area contributed by atoms with Crippen LogP contribution < -0.4 is 5.32 Å². The highest BCUT2D eigenvalue weighted by atomic mass is 16.4. The maximum absolute atomic E-state index is 11.7. The van der Waals surface area contributed by atoms with Crippen LogP contribution in [0.4, 0.5) is 0 Å². The van der Waals surface area contributed by atoms with E-state index in [9.17, 15) is 14.4 Å². The highest BCUT2D eigenvalue weighted by molar-refractivity contribution is 5.87. The normalized spacial score (nSPS) is 20.3. The number of nitrogens with zero attached hydrogens (tertiary/aromatic N) is 1. The minimum absolute atomic E-state index is 0.126. The van der Waals surface area contributed by atoms with E-state index in [4.69, 9.17) is 5.11 Å². The summed E-state index contributed by atoms with van der Waals surface area (Å²) in [4.78, 5) is 34.6. The van der Waals surface area contributed by atoms with Crippen LogP contribution in [0, 0.1) is 0 Å². The van der Waals surface area contributed by atoms with Gasteiger partial charge in [-0.3, -0.25) is 9.59 Å². The second-order valence-corrected chi connectivity index (χ2v) is 3.85. The molecule has 0 saturated carbocycles. The zero-order valence-electron chi connectivity index (χ0n) is 9.23. The Morgan fingerprint density at radius 3 is 2.62 bits per heavy atom. The second-order valence-electron chi connectivity index (χ2n) is 3.85. The summed E-state index contributed by atoms with van der Waals surface area (Å²) in [7, 11) is 0. The van der Waals surface area contributed by atoms with Crippen molar-refractivity contribution in [2.45, 2.75) is 32.2 Å². The molecule has 1 aliphatic heterocycles. The van der Waals surface area contributed by atoms with Gasteiger partial charge in [-0.25, -0.2) is 4.79 Å². The summed E-state index contributed by atoms with van der Waals surface area (Å²) in [5, 5.41) is 11.3. The smallest absolute Gasteiger partial charge is 0.326 e. The minimum Gasteiger partial charge on any atom is -0.480 e. The zero-order valence-corrected chi connectivity index (χ0v) is 9.23. The first kappa shape index (κ1) is 12.5. The summed E-state index contributed by atoms with van der Waals surface area (Å²) >= 11 is 0. The van der Waals surface area contributed by atoms with Crippen LogP contribution in [0.2, 0.25) is 0 Å². The van der Waals surface area contributed by atoms with Crippen molar-refractivity contribution in [2.24, 2.45) is 0 Å². The van der Waals surface area contributed by atoms with Crippen molar-refractivity contribution in [3.05, 3.63) is 0 Å². The number of carbonyl (C=O) groups excluding carboxylic acids is 2. The summed E-state index contributed by atoms with van der Waals surface area (Å²) in [6.45, 7) is 1.65. The molecule has 0 aromatic carbocycles. The fourth-order valence-electron chi connectivity index (χ4n) is 1.79. The lowest BCUT2D eigenvalue weighted by Gasteiger charge is -2.32. The molecule has 1 aliphatic rings. The van der Waals surface area contributed by atoms with E-state index in [1.165, 1.54) is 11.8 Å². The number of nitrogens with one attached hydrogen (secondary N) is 1. The monoisotopic (exact) mass is 228 g/mol. The second kappa shape index (κ2) is 5.48. The lowest BCUT2D eigenvalue weighted by molar-refractivity contribution is -0.151. The minimum atomic E-state index is -0.976. The van der Waals surface area contributed by atoms with Crippen molar-refractivity contribution in [2.75, 3.05) is 13.1 Å². The van der Waals surface area contributed by atoms with Crippen LogP contribution in [0.1, 0.15) is 26.2 Å². The molecule has 6 nitrogen and oxygen atoms in total. The molecule has 1 saturated heterocycles. The van der Waals surface area contributed by atoms with Crippen LogP contribution in [0.3, 0.4) is 0 Å². The Morgan fingerprint density at radius 2 is 2.06 bits per heavy atom. The number of amides is 2. The molecule has 90 valence electrons. The maximum Gasteiger partial charge on any atom is 0.326 e. The van der Waals surface area contributed by atoms with Gasteiger partial charge in [0, 0.05) is 13.5 Å². The number of hydrogen-bond donors (Lipinski definition) is 2. The van der Waals surface area contributed by atoms with Gasteiger partial charge in [0.15, 0.2) is 0 Å². The lowest BCUT2D eigenvalue weighted by Crippen LogP contribution is -2.51. The van der Waals surface area contributed by atoms with E-state index in [0.29, 0.717) is 13.0 Å². The van der Waals surface area contributed by atoms with Gasteiger partial charge < -0.3 is 15.3 Å². The Kier molecular flexibility index (Phi) is 4.28. The molecule has 0 radical (unpaired) electrons. The van der Waals surface area contributed by atoms with Gasteiger partial charge >= 0.3 is 5.97 Å². The predicted octanol–water partition coefficient (Wildman–Crippen LogP) is -0.412. The molecular formula is C10H16N2O4. The van der Waals surface area contributed by atoms with Crippen molar-refractivity contribution in [1.29, 1.82) is 0 Å². The summed E-state index contributed by atoms with van der Waals surface area (Å²) in [5.41, 5.74) is 0. The number of aliphatic carboxylic acids is 1. The molecule has 0 unspecified atom stereocenters. The summed E-state index contributed by atoms with van der Waals surface area (Å²) < 4.78 is 0. The molecule has 0 aromatic rings. The molecule has 1 heterocycles. The predicted molar refractivity (Wildman–Crippen MR) is 55.7 cm³/mol. The highest BCUT2D eigenvalue weighted by Crippen LogP contribution is 2.16. The van der Waals surface area contributed by atoms with Crippen molar-refractivity contribution in [1.82, 2.24) is 10.2 Å².